The van der Waals surface area contributed by atoms with E-state index in [1.165, 1.54) is 0 Å². The van der Waals surface area contributed by atoms with Crippen LogP contribution in [0.5, 0.6) is 5.75 Å². The molecule has 1 aliphatic heterocycles. The number of urea groups is 1. The van der Waals surface area contributed by atoms with Crippen LogP contribution in [0.3, 0.4) is 0 Å². The molecule has 0 fully saturated rings. The van der Waals surface area contributed by atoms with Gasteiger partial charge in [0.15, 0.2) is 5.96 Å². The number of aliphatic imine (C=N–C) groups is 1. The smallest absolute Gasteiger partial charge is 0.321 e. The second-order valence-electron chi connectivity index (χ2n) is 11.4. The van der Waals surface area contributed by atoms with Crippen LogP contribution in [0, 0.1) is 0 Å². The average molecular weight is 657 g/mol. The molecule has 0 bridgehead atoms. The first-order valence-corrected chi connectivity index (χ1v) is 16.1. The Morgan fingerprint density at radius 2 is 1.50 bits per heavy atom. The van der Waals surface area contributed by atoms with Crippen LogP contribution in [-0.2, 0) is 34.0 Å². The SMILES string of the molecule is CCC(=O)NCCNC(=O)NC(N)=NCCCC(NC(=O)C(c1ccccc1)N1Cc2ccccc2C1)C(=O)NCc1ccc(O)cc1. The molecule has 1 heterocycles. The first-order valence-electron chi connectivity index (χ1n) is 16.1. The molecule has 48 heavy (non-hydrogen) atoms. The zero-order valence-electron chi connectivity index (χ0n) is 27.1. The van der Waals surface area contributed by atoms with E-state index in [0.29, 0.717) is 25.9 Å². The molecule has 3 aromatic carbocycles. The summed E-state index contributed by atoms with van der Waals surface area (Å²) in [4.78, 5) is 57.2. The van der Waals surface area contributed by atoms with Gasteiger partial charge in [0.05, 0.1) is 0 Å². The molecule has 2 atom stereocenters. The Labute approximate surface area is 280 Å². The fourth-order valence-electron chi connectivity index (χ4n) is 5.35. The largest absolute Gasteiger partial charge is 0.508 e. The molecule has 2 unspecified atom stereocenters. The third-order valence-electron chi connectivity index (χ3n) is 7.86. The Bertz CT molecular complexity index is 1540. The van der Waals surface area contributed by atoms with Crippen molar-refractivity contribution in [3.8, 4) is 5.75 Å². The first kappa shape index (κ1) is 35.4. The third-order valence-corrected chi connectivity index (χ3v) is 7.86. The van der Waals surface area contributed by atoms with Crippen molar-refractivity contribution in [2.24, 2.45) is 10.7 Å². The number of guanidine groups is 1. The molecule has 0 saturated heterocycles. The molecule has 0 aliphatic carbocycles. The third kappa shape index (κ3) is 10.8. The normalized spacial score (nSPS) is 13.9. The molecule has 1 aliphatic rings. The minimum absolute atomic E-state index is 0.0970. The van der Waals surface area contributed by atoms with E-state index in [0.717, 1.165) is 22.3 Å². The number of fused-ring (bicyclic) bond motifs is 1. The quantitative estimate of drug-likeness (QED) is 0.0741. The molecule has 4 rings (SSSR count). The van der Waals surface area contributed by atoms with E-state index >= 15 is 0 Å². The van der Waals surface area contributed by atoms with Gasteiger partial charge in [0, 0.05) is 45.7 Å². The fraction of sp³-hybridized carbons (Fsp3) is 0.343. The van der Waals surface area contributed by atoms with Gasteiger partial charge in [0.25, 0.3) is 0 Å². The topological polar surface area (TPSA) is 190 Å². The predicted molar refractivity (Wildman–Crippen MR) is 182 cm³/mol. The molecule has 0 saturated carbocycles. The Morgan fingerprint density at radius 1 is 0.854 bits per heavy atom. The van der Waals surface area contributed by atoms with Gasteiger partial charge in [-0.15, -0.1) is 0 Å². The second-order valence-corrected chi connectivity index (χ2v) is 11.4. The fourth-order valence-corrected chi connectivity index (χ4v) is 5.35. The number of aromatic hydroxyl groups is 1. The summed E-state index contributed by atoms with van der Waals surface area (Å²) in [5, 5.41) is 23.2. The summed E-state index contributed by atoms with van der Waals surface area (Å²) in [6, 6.07) is 22.0. The highest BCUT2D eigenvalue weighted by molar-refractivity contribution is 5.95. The Hall–Kier alpha value is -5.43. The summed E-state index contributed by atoms with van der Waals surface area (Å²) in [6.45, 7) is 3.85. The number of carbonyl (C=O) groups excluding carboxylic acids is 4. The number of hydrogen-bond acceptors (Lipinski definition) is 7. The van der Waals surface area contributed by atoms with Gasteiger partial charge < -0.3 is 32.1 Å². The van der Waals surface area contributed by atoms with E-state index in [9.17, 15) is 24.3 Å². The summed E-state index contributed by atoms with van der Waals surface area (Å²) in [5.41, 5.74) is 9.81. The Balaban J connectivity index is 1.39. The molecule has 13 nitrogen and oxygen atoms in total. The molecule has 5 amide bonds. The molecular weight excluding hydrogens is 612 g/mol. The van der Waals surface area contributed by atoms with E-state index in [1.807, 2.05) is 42.5 Å². The van der Waals surface area contributed by atoms with E-state index < -0.39 is 18.1 Å². The van der Waals surface area contributed by atoms with Crippen LogP contribution in [0.4, 0.5) is 4.79 Å². The van der Waals surface area contributed by atoms with E-state index in [1.54, 1.807) is 31.2 Å². The van der Waals surface area contributed by atoms with Crippen molar-refractivity contribution in [3.05, 3.63) is 101 Å². The summed E-state index contributed by atoms with van der Waals surface area (Å²) in [7, 11) is 0. The molecule has 8 N–H and O–H groups in total. The summed E-state index contributed by atoms with van der Waals surface area (Å²) in [5.74, 6) is -0.745. The molecule has 0 aromatic heterocycles. The number of nitrogens with two attached hydrogens (primary N) is 1. The van der Waals surface area contributed by atoms with Crippen LogP contribution >= 0.6 is 0 Å². The van der Waals surface area contributed by atoms with Gasteiger partial charge in [-0.1, -0.05) is 73.7 Å². The maximum Gasteiger partial charge on any atom is 0.321 e. The maximum absolute atomic E-state index is 14.0. The van der Waals surface area contributed by atoms with Crippen molar-refractivity contribution in [1.29, 1.82) is 0 Å². The molecule has 0 spiro atoms. The van der Waals surface area contributed by atoms with Crippen LogP contribution in [0.1, 0.15) is 54.5 Å². The van der Waals surface area contributed by atoms with E-state index in [-0.39, 0.29) is 62.0 Å². The van der Waals surface area contributed by atoms with Gasteiger partial charge in [0.2, 0.25) is 17.7 Å². The van der Waals surface area contributed by atoms with Gasteiger partial charge in [-0.25, -0.2) is 4.79 Å². The van der Waals surface area contributed by atoms with E-state index in [4.69, 9.17) is 5.73 Å². The number of rotatable bonds is 15. The van der Waals surface area contributed by atoms with Gasteiger partial charge in [-0.2, -0.15) is 0 Å². The number of hydrogen-bond donors (Lipinski definition) is 7. The lowest BCUT2D eigenvalue weighted by Crippen LogP contribution is -2.50. The monoisotopic (exact) mass is 656 g/mol. The van der Waals surface area contributed by atoms with Gasteiger partial charge in [-0.3, -0.25) is 29.6 Å². The van der Waals surface area contributed by atoms with Gasteiger partial charge >= 0.3 is 6.03 Å². The van der Waals surface area contributed by atoms with Crippen molar-refractivity contribution in [2.45, 2.75) is 57.9 Å². The van der Waals surface area contributed by atoms with Crippen molar-refractivity contribution in [3.63, 3.8) is 0 Å². The lowest BCUT2D eigenvalue weighted by atomic mass is 10.0. The number of carbonyl (C=O) groups is 4. The number of nitrogens with zero attached hydrogens (tertiary/aromatic N) is 2. The van der Waals surface area contributed by atoms with Crippen molar-refractivity contribution < 1.29 is 24.3 Å². The van der Waals surface area contributed by atoms with Gasteiger partial charge in [-0.05, 0) is 47.2 Å². The molecule has 0 radical (unpaired) electrons. The van der Waals surface area contributed by atoms with Gasteiger partial charge in [0.1, 0.15) is 17.8 Å². The van der Waals surface area contributed by atoms with Crippen LogP contribution < -0.4 is 32.3 Å². The first-order chi connectivity index (χ1) is 23.2. The lowest BCUT2D eigenvalue weighted by Gasteiger charge is -2.29. The number of phenols is 1. The molecule has 3 aromatic rings. The summed E-state index contributed by atoms with van der Waals surface area (Å²) in [6.07, 6.45) is 1.00. The zero-order chi connectivity index (χ0) is 34.3. The van der Waals surface area contributed by atoms with Crippen molar-refractivity contribution in [2.75, 3.05) is 19.6 Å². The molecule has 13 heteroatoms. The minimum atomic E-state index is -0.878. The zero-order valence-corrected chi connectivity index (χ0v) is 27.1. The standard InChI is InChI=1S/C35H44N8O5/c1-2-30(45)37-19-20-39-35(48)42-34(36)38-18-8-13-29(32(46)40-21-24-14-16-28(44)17-15-24)41-33(47)31(25-9-4-3-5-10-25)43-22-26-11-6-7-12-27(26)23-43/h3-7,9-12,14-17,29,31,44H,2,8,13,18-23H2,1H3,(H,37,45)(H,40,46)(H,41,47)(H4,36,38,39,42,48). The number of amides is 5. The highest BCUT2D eigenvalue weighted by Gasteiger charge is 2.34. The molecule has 254 valence electrons. The minimum Gasteiger partial charge on any atom is -0.508 e. The second kappa shape index (κ2) is 18.0. The number of benzene rings is 3. The summed E-state index contributed by atoms with van der Waals surface area (Å²) < 4.78 is 0. The number of phenolic OH excluding ortho intramolecular Hbond substituents is 1. The van der Waals surface area contributed by atoms with Crippen molar-refractivity contribution in [1.82, 2.24) is 31.5 Å². The maximum atomic E-state index is 14.0. The van der Waals surface area contributed by atoms with Crippen LogP contribution in [-0.4, -0.2) is 65.4 Å². The highest BCUT2D eigenvalue weighted by Crippen LogP contribution is 2.31. The summed E-state index contributed by atoms with van der Waals surface area (Å²) >= 11 is 0. The predicted octanol–water partition coefficient (Wildman–Crippen LogP) is 2.17. The Kier molecular flexibility index (Phi) is 13.3. The van der Waals surface area contributed by atoms with Crippen LogP contribution in [0.15, 0.2) is 83.9 Å². The van der Waals surface area contributed by atoms with Crippen LogP contribution in [0.2, 0.25) is 0 Å². The number of nitrogens with one attached hydrogen (secondary N) is 5. The van der Waals surface area contributed by atoms with Crippen molar-refractivity contribution >= 4 is 29.7 Å². The Morgan fingerprint density at radius 3 is 2.17 bits per heavy atom. The van der Waals surface area contributed by atoms with E-state index in [2.05, 4.69) is 48.6 Å². The average Bonchev–Trinajstić information content (AvgIpc) is 3.51. The lowest BCUT2D eigenvalue weighted by molar-refractivity contribution is -0.132. The highest BCUT2D eigenvalue weighted by atomic mass is 16.3. The van der Waals surface area contributed by atoms with Crippen LogP contribution in [0.25, 0.3) is 0 Å². The molecular formula is C35H44N8O5.